The van der Waals surface area contributed by atoms with Crippen LogP contribution in [0, 0.1) is 0 Å². The Morgan fingerprint density at radius 2 is 1.53 bits per heavy atom. The van der Waals surface area contributed by atoms with Gasteiger partial charge in [-0.2, -0.15) is 0 Å². The van der Waals surface area contributed by atoms with Crippen LogP contribution in [-0.2, 0) is 11.3 Å². The van der Waals surface area contributed by atoms with Gasteiger partial charge in [-0.15, -0.1) is 0 Å². The number of hydrogen-bond acceptors (Lipinski definition) is 4. The van der Waals surface area contributed by atoms with Crippen LogP contribution in [-0.4, -0.2) is 53.2 Å². The molecule has 1 atom stereocenters. The van der Waals surface area contributed by atoms with Crippen LogP contribution in [0.5, 0.6) is 0 Å². The minimum Gasteiger partial charge on any atom is -0.335 e. The molecule has 3 rings (SSSR count). The van der Waals surface area contributed by atoms with E-state index in [0.717, 1.165) is 10.1 Å². The zero-order chi connectivity index (χ0) is 23.1. The highest BCUT2D eigenvalue weighted by Crippen LogP contribution is 2.20. The van der Waals surface area contributed by atoms with Crippen molar-refractivity contribution < 1.29 is 9.59 Å². The van der Waals surface area contributed by atoms with Gasteiger partial charge in [-0.3, -0.25) is 19.0 Å². The van der Waals surface area contributed by atoms with E-state index in [2.05, 4.69) is 0 Å². The minimum atomic E-state index is -1.35. The van der Waals surface area contributed by atoms with Gasteiger partial charge in [0, 0.05) is 37.5 Å². The Morgan fingerprint density at radius 3 is 2.16 bits per heavy atom. The lowest BCUT2D eigenvalue weighted by atomic mass is 10.0. The third-order valence-corrected chi connectivity index (χ3v) is 5.29. The lowest BCUT2D eigenvalue weighted by molar-refractivity contribution is -0.134. The van der Waals surface area contributed by atoms with Crippen molar-refractivity contribution >= 4 is 23.3 Å². The first kappa shape index (κ1) is 23.4. The van der Waals surface area contributed by atoms with Crippen LogP contribution in [0.1, 0.15) is 22.0 Å². The third-order valence-electron chi connectivity index (χ3n) is 5.07. The van der Waals surface area contributed by atoms with E-state index in [1.165, 1.54) is 18.3 Å². The number of halogens is 1. The predicted octanol–water partition coefficient (Wildman–Crippen LogP) is 3.52. The quantitative estimate of drug-likeness (QED) is 0.369. The molecular weight excluding hydrogens is 426 g/mol. The van der Waals surface area contributed by atoms with Gasteiger partial charge in [0.25, 0.3) is 11.5 Å². The second-order valence-electron chi connectivity index (χ2n) is 7.77. The lowest BCUT2D eigenvalue weighted by Gasteiger charge is -2.29. The molecule has 32 heavy (non-hydrogen) atoms. The van der Waals surface area contributed by atoms with Crippen LogP contribution in [0.2, 0.25) is 5.02 Å². The van der Waals surface area contributed by atoms with E-state index in [4.69, 9.17) is 11.6 Å². The maximum Gasteiger partial charge on any atom is 0.254 e. The Labute approximate surface area is 192 Å². The summed E-state index contributed by atoms with van der Waals surface area (Å²) in [6.45, 7) is 1.32. The smallest absolute Gasteiger partial charge is 0.254 e. The summed E-state index contributed by atoms with van der Waals surface area (Å²) in [5, 5.41) is 0.270. The number of hydrogen-bond donors (Lipinski definition) is 0. The molecule has 0 bridgehead atoms. The molecule has 0 aliphatic carbocycles. The Kier molecular flexibility index (Phi) is 7.98. The molecule has 0 fully saturated rings. The van der Waals surface area contributed by atoms with Crippen LogP contribution < -0.4 is 5.56 Å². The summed E-state index contributed by atoms with van der Waals surface area (Å²) in [4.78, 5) is 43.6. The summed E-state index contributed by atoms with van der Waals surface area (Å²) >= 11 is 6.13. The van der Waals surface area contributed by atoms with Crippen LogP contribution in [0.4, 0.5) is 0 Å². The van der Waals surface area contributed by atoms with E-state index in [0.29, 0.717) is 25.2 Å². The molecule has 0 spiro atoms. The lowest BCUT2D eigenvalue weighted by Crippen LogP contribution is -2.45. The molecule has 6 nitrogen and oxygen atoms in total. The zero-order valence-corrected chi connectivity index (χ0v) is 18.9. The molecule has 0 N–H and O–H groups in total. The van der Waals surface area contributed by atoms with Gasteiger partial charge in [-0.1, -0.05) is 72.3 Å². The van der Waals surface area contributed by atoms with Gasteiger partial charge >= 0.3 is 0 Å². The largest absolute Gasteiger partial charge is 0.335 e. The molecule has 7 heteroatoms. The number of pyridine rings is 1. The molecule has 166 valence electrons. The van der Waals surface area contributed by atoms with E-state index in [1.54, 1.807) is 35.2 Å². The molecule has 2 aromatic carbocycles. The van der Waals surface area contributed by atoms with Crippen molar-refractivity contribution in [1.29, 1.82) is 0 Å². The van der Waals surface area contributed by atoms with Gasteiger partial charge in [0.15, 0.2) is 11.8 Å². The van der Waals surface area contributed by atoms with Crippen LogP contribution in [0.25, 0.3) is 0 Å². The Balaban J connectivity index is 2.05. The molecule has 0 aliphatic rings. The SMILES string of the molecule is CN(C)CCN(Cc1ccccc1)C(=O)C(C(=O)c1ccccc1)n1cc(Cl)ccc1=O. The van der Waals surface area contributed by atoms with Gasteiger partial charge in [-0.05, 0) is 25.7 Å². The van der Waals surface area contributed by atoms with E-state index in [-0.39, 0.29) is 5.02 Å². The highest BCUT2D eigenvalue weighted by molar-refractivity contribution is 6.30. The molecule has 1 heterocycles. The molecule has 3 aromatic rings. The van der Waals surface area contributed by atoms with Gasteiger partial charge in [0.1, 0.15) is 0 Å². The number of carbonyl (C=O) groups is 2. The standard InChI is InChI=1S/C25H26ClN3O3/c1-27(2)15-16-28(17-19-9-5-3-6-10-19)25(32)23(24(31)20-11-7-4-8-12-20)29-18-21(26)13-14-22(29)30/h3-14,18,23H,15-17H2,1-2H3. The number of amides is 1. The first-order chi connectivity index (χ1) is 15.4. The highest BCUT2D eigenvalue weighted by atomic mass is 35.5. The molecule has 0 aliphatic heterocycles. The fourth-order valence-electron chi connectivity index (χ4n) is 3.36. The topological polar surface area (TPSA) is 62.6 Å². The van der Waals surface area contributed by atoms with Crippen molar-refractivity contribution in [3.63, 3.8) is 0 Å². The number of benzene rings is 2. The number of carbonyl (C=O) groups excluding carboxylic acids is 2. The maximum absolute atomic E-state index is 13.8. The fraction of sp³-hybridized carbons (Fsp3) is 0.240. The van der Waals surface area contributed by atoms with Crippen molar-refractivity contribution in [2.75, 3.05) is 27.2 Å². The van der Waals surface area contributed by atoms with Gasteiger partial charge in [0.2, 0.25) is 0 Å². The van der Waals surface area contributed by atoms with E-state index < -0.39 is 23.3 Å². The summed E-state index contributed by atoms with van der Waals surface area (Å²) in [6, 6.07) is 19.4. The number of nitrogens with zero attached hydrogens (tertiary/aromatic N) is 3. The number of aromatic nitrogens is 1. The van der Waals surface area contributed by atoms with Crippen LogP contribution in [0.15, 0.2) is 83.8 Å². The first-order valence-corrected chi connectivity index (χ1v) is 10.7. The molecule has 1 unspecified atom stereocenters. The van der Waals surface area contributed by atoms with E-state index >= 15 is 0 Å². The summed E-state index contributed by atoms with van der Waals surface area (Å²) < 4.78 is 1.13. The van der Waals surface area contributed by atoms with Crippen molar-refractivity contribution in [1.82, 2.24) is 14.4 Å². The highest BCUT2D eigenvalue weighted by Gasteiger charge is 2.34. The molecular formula is C25H26ClN3O3. The number of rotatable bonds is 9. The Morgan fingerprint density at radius 1 is 0.906 bits per heavy atom. The summed E-state index contributed by atoms with van der Waals surface area (Å²) in [5.41, 5.74) is 0.818. The summed E-state index contributed by atoms with van der Waals surface area (Å²) in [7, 11) is 3.83. The monoisotopic (exact) mass is 451 g/mol. The molecule has 1 aromatic heterocycles. The number of ketones is 1. The number of Topliss-reactive ketones (excluding diaryl/α,β-unsaturated/α-hetero) is 1. The second kappa shape index (κ2) is 10.9. The van der Waals surface area contributed by atoms with E-state index in [9.17, 15) is 14.4 Å². The summed E-state index contributed by atoms with van der Waals surface area (Å²) in [5.74, 6) is -0.906. The zero-order valence-electron chi connectivity index (χ0n) is 18.1. The van der Waals surface area contributed by atoms with Crippen molar-refractivity contribution in [2.45, 2.75) is 12.6 Å². The Hall–Kier alpha value is -3.22. The number of likely N-dealkylation sites (N-methyl/N-ethyl adjacent to an activating group) is 1. The summed E-state index contributed by atoms with van der Waals surface area (Å²) in [6.07, 6.45) is 1.35. The Bertz CT molecular complexity index is 1110. The predicted molar refractivity (Wildman–Crippen MR) is 126 cm³/mol. The molecule has 0 saturated carbocycles. The average Bonchev–Trinajstić information content (AvgIpc) is 2.80. The normalized spacial score (nSPS) is 11.9. The molecule has 0 saturated heterocycles. The average molecular weight is 452 g/mol. The molecule has 1 amide bonds. The molecule has 0 radical (unpaired) electrons. The second-order valence-corrected chi connectivity index (χ2v) is 8.21. The van der Waals surface area contributed by atoms with E-state index in [1.807, 2.05) is 49.3 Å². The third kappa shape index (κ3) is 5.93. The van der Waals surface area contributed by atoms with Gasteiger partial charge in [-0.25, -0.2) is 0 Å². The van der Waals surface area contributed by atoms with Gasteiger partial charge < -0.3 is 9.80 Å². The van der Waals surface area contributed by atoms with Crippen molar-refractivity contribution in [3.8, 4) is 0 Å². The van der Waals surface area contributed by atoms with Gasteiger partial charge in [0.05, 0.1) is 5.02 Å². The maximum atomic E-state index is 13.8. The van der Waals surface area contributed by atoms with Crippen molar-refractivity contribution in [3.05, 3.63) is 105 Å². The van der Waals surface area contributed by atoms with Crippen LogP contribution in [0.3, 0.4) is 0 Å². The van der Waals surface area contributed by atoms with Crippen LogP contribution >= 0.6 is 11.6 Å². The minimum absolute atomic E-state index is 0.270. The van der Waals surface area contributed by atoms with Crippen molar-refractivity contribution in [2.24, 2.45) is 0 Å². The first-order valence-electron chi connectivity index (χ1n) is 10.3. The fourth-order valence-corrected chi connectivity index (χ4v) is 3.53.